The third-order valence-corrected chi connectivity index (χ3v) is 2.64. The molecular weight excluding hydrogens is 224 g/mol. The lowest BCUT2D eigenvalue weighted by atomic mass is 10.1. The van der Waals surface area contributed by atoms with Crippen LogP contribution in [0.4, 0.5) is 11.4 Å². The number of hydrogen-bond acceptors (Lipinski definition) is 3. The van der Waals surface area contributed by atoms with E-state index in [9.17, 15) is 0 Å². The summed E-state index contributed by atoms with van der Waals surface area (Å²) in [6.45, 7) is 7.46. The molecule has 0 fully saturated rings. The molecule has 0 aromatic heterocycles. The first-order valence-electron chi connectivity index (χ1n) is 5.44. The summed E-state index contributed by atoms with van der Waals surface area (Å²) >= 11 is 5.98. The van der Waals surface area contributed by atoms with E-state index in [0.29, 0.717) is 17.3 Å². The molecule has 0 aliphatic rings. The molecule has 16 heavy (non-hydrogen) atoms. The summed E-state index contributed by atoms with van der Waals surface area (Å²) in [5, 5.41) is 3.93. The van der Waals surface area contributed by atoms with Crippen molar-refractivity contribution in [2.75, 3.05) is 24.3 Å². The van der Waals surface area contributed by atoms with Crippen LogP contribution in [0.25, 0.3) is 0 Å². The SMILES string of the molecule is CCOCC(C)Nc1cc(Cl)c(N)cc1C. The van der Waals surface area contributed by atoms with Gasteiger partial charge in [-0.15, -0.1) is 0 Å². The Kier molecular flexibility index (Phi) is 4.90. The molecule has 3 nitrogen and oxygen atoms in total. The van der Waals surface area contributed by atoms with Crippen LogP contribution in [0.1, 0.15) is 19.4 Å². The number of hydrogen-bond donors (Lipinski definition) is 2. The summed E-state index contributed by atoms with van der Waals surface area (Å²) in [6, 6.07) is 3.98. The van der Waals surface area contributed by atoms with Crippen molar-refractivity contribution in [3.05, 3.63) is 22.7 Å². The molecule has 0 amide bonds. The second kappa shape index (κ2) is 5.97. The number of nitrogens with one attached hydrogen (secondary N) is 1. The molecule has 0 aliphatic heterocycles. The summed E-state index contributed by atoms with van der Waals surface area (Å²) in [4.78, 5) is 0. The standard InChI is InChI=1S/C12H19ClN2O/c1-4-16-7-9(3)15-12-6-10(13)11(14)5-8(12)2/h5-6,9,15H,4,7,14H2,1-3H3. The highest BCUT2D eigenvalue weighted by Gasteiger charge is 2.07. The Hall–Kier alpha value is -0.930. The lowest BCUT2D eigenvalue weighted by Crippen LogP contribution is -2.22. The van der Waals surface area contributed by atoms with Crippen LogP contribution in [0.5, 0.6) is 0 Å². The molecule has 0 spiro atoms. The average molecular weight is 243 g/mol. The molecule has 1 rings (SSSR count). The zero-order chi connectivity index (χ0) is 12.1. The Morgan fingerprint density at radius 1 is 1.50 bits per heavy atom. The monoisotopic (exact) mass is 242 g/mol. The molecule has 0 aliphatic carbocycles. The summed E-state index contributed by atoms with van der Waals surface area (Å²) < 4.78 is 5.34. The third kappa shape index (κ3) is 3.58. The molecule has 0 heterocycles. The highest BCUT2D eigenvalue weighted by molar-refractivity contribution is 6.33. The van der Waals surface area contributed by atoms with E-state index in [0.717, 1.165) is 17.9 Å². The minimum absolute atomic E-state index is 0.248. The lowest BCUT2D eigenvalue weighted by molar-refractivity contribution is 0.141. The van der Waals surface area contributed by atoms with Crippen molar-refractivity contribution in [2.24, 2.45) is 0 Å². The smallest absolute Gasteiger partial charge is 0.0664 e. The second-order valence-electron chi connectivity index (χ2n) is 3.89. The molecule has 0 saturated heterocycles. The van der Waals surface area contributed by atoms with Gasteiger partial charge in [0.25, 0.3) is 0 Å². The number of anilines is 2. The van der Waals surface area contributed by atoms with E-state index in [1.807, 2.05) is 26.0 Å². The zero-order valence-corrected chi connectivity index (χ0v) is 10.8. The van der Waals surface area contributed by atoms with E-state index in [2.05, 4.69) is 12.2 Å². The van der Waals surface area contributed by atoms with Crippen molar-refractivity contribution in [1.29, 1.82) is 0 Å². The predicted molar refractivity (Wildman–Crippen MR) is 70.2 cm³/mol. The first kappa shape index (κ1) is 13.1. The van der Waals surface area contributed by atoms with Gasteiger partial charge in [0, 0.05) is 18.3 Å². The molecule has 0 bridgehead atoms. The summed E-state index contributed by atoms with van der Waals surface area (Å²) in [5.41, 5.74) is 8.42. The third-order valence-electron chi connectivity index (χ3n) is 2.32. The van der Waals surface area contributed by atoms with Crippen LogP contribution in [-0.2, 0) is 4.74 Å². The van der Waals surface area contributed by atoms with Crippen LogP contribution in [-0.4, -0.2) is 19.3 Å². The summed E-state index contributed by atoms with van der Waals surface area (Å²) in [5.74, 6) is 0. The molecule has 1 atom stereocenters. The van der Waals surface area contributed by atoms with Crippen molar-refractivity contribution in [1.82, 2.24) is 0 Å². The minimum Gasteiger partial charge on any atom is -0.398 e. The fraction of sp³-hybridized carbons (Fsp3) is 0.500. The van der Waals surface area contributed by atoms with Crippen molar-refractivity contribution in [3.63, 3.8) is 0 Å². The van der Waals surface area contributed by atoms with Gasteiger partial charge in [-0.1, -0.05) is 11.6 Å². The van der Waals surface area contributed by atoms with Gasteiger partial charge in [-0.2, -0.15) is 0 Å². The first-order valence-corrected chi connectivity index (χ1v) is 5.82. The van der Waals surface area contributed by atoms with Crippen LogP contribution < -0.4 is 11.1 Å². The molecule has 0 saturated carbocycles. The quantitative estimate of drug-likeness (QED) is 0.781. The Balaban J connectivity index is 2.69. The Bertz CT molecular complexity index is 355. The van der Waals surface area contributed by atoms with E-state index in [-0.39, 0.29) is 6.04 Å². The van der Waals surface area contributed by atoms with Gasteiger partial charge in [-0.3, -0.25) is 0 Å². The van der Waals surface area contributed by atoms with Crippen molar-refractivity contribution < 1.29 is 4.74 Å². The second-order valence-corrected chi connectivity index (χ2v) is 4.30. The lowest BCUT2D eigenvalue weighted by Gasteiger charge is -2.17. The van der Waals surface area contributed by atoms with Crippen LogP contribution in [0.15, 0.2) is 12.1 Å². The molecule has 1 aromatic carbocycles. The topological polar surface area (TPSA) is 47.3 Å². The Labute approximate surface area is 102 Å². The van der Waals surface area contributed by atoms with Gasteiger partial charge in [0.05, 0.1) is 17.3 Å². The molecule has 90 valence electrons. The molecule has 1 unspecified atom stereocenters. The van der Waals surface area contributed by atoms with Crippen molar-refractivity contribution >= 4 is 23.0 Å². The average Bonchev–Trinajstić information content (AvgIpc) is 2.23. The first-order chi connectivity index (χ1) is 7.54. The summed E-state index contributed by atoms with van der Waals surface area (Å²) in [7, 11) is 0. The number of rotatable bonds is 5. The predicted octanol–water partition coefficient (Wildman–Crippen LogP) is 3.07. The number of benzene rings is 1. The van der Waals surface area contributed by atoms with Gasteiger partial charge in [0.2, 0.25) is 0 Å². The van der Waals surface area contributed by atoms with Gasteiger partial charge in [0.1, 0.15) is 0 Å². The maximum atomic E-state index is 5.98. The number of halogens is 1. The van der Waals surface area contributed by atoms with E-state index in [4.69, 9.17) is 22.1 Å². The van der Waals surface area contributed by atoms with Gasteiger partial charge in [-0.25, -0.2) is 0 Å². The minimum atomic E-state index is 0.248. The number of ether oxygens (including phenoxy) is 1. The summed E-state index contributed by atoms with van der Waals surface area (Å²) in [6.07, 6.45) is 0. The molecule has 0 radical (unpaired) electrons. The zero-order valence-electron chi connectivity index (χ0n) is 10.0. The maximum absolute atomic E-state index is 5.98. The Morgan fingerprint density at radius 3 is 2.81 bits per heavy atom. The Morgan fingerprint density at radius 2 is 2.19 bits per heavy atom. The van der Waals surface area contributed by atoms with Gasteiger partial charge < -0.3 is 15.8 Å². The number of nitrogens with two attached hydrogens (primary N) is 1. The van der Waals surface area contributed by atoms with E-state index >= 15 is 0 Å². The van der Waals surface area contributed by atoms with E-state index < -0.39 is 0 Å². The van der Waals surface area contributed by atoms with Crippen LogP contribution in [0, 0.1) is 6.92 Å². The van der Waals surface area contributed by atoms with Gasteiger partial charge >= 0.3 is 0 Å². The fourth-order valence-electron chi connectivity index (χ4n) is 1.46. The largest absolute Gasteiger partial charge is 0.398 e. The van der Waals surface area contributed by atoms with Gasteiger partial charge in [-0.05, 0) is 38.5 Å². The van der Waals surface area contributed by atoms with E-state index in [1.165, 1.54) is 0 Å². The van der Waals surface area contributed by atoms with Crippen molar-refractivity contribution in [3.8, 4) is 0 Å². The van der Waals surface area contributed by atoms with Crippen LogP contribution in [0.2, 0.25) is 5.02 Å². The maximum Gasteiger partial charge on any atom is 0.0664 e. The van der Waals surface area contributed by atoms with Gasteiger partial charge in [0.15, 0.2) is 0 Å². The molecular formula is C12H19ClN2O. The fourth-order valence-corrected chi connectivity index (χ4v) is 1.62. The van der Waals surface area contributed by atoms with Crippen molar-refractivity contribution in [2.45, 2.75) is 26.8 Å². The molecule has 4 heteroatoms. The molecule has 3 N–H and O–H groups in total. The number of aryl methyl sites for hydroxylation is 1. The number of nitrogen functional groups attached to an aromatic ring is 1. The normalized spacial score (nSPS) is 12.5. The van der Waals surface area contributed by atoms with Crippen LogP contribution in [0.3, 0.4) is 0 Å². The van der Waals surface area contributed by atoms with E-state index in [1.54, 1.807) is 0 Å². The highest BCUT2D eigenvalue weighted by Crippen LogP contribution is 2.27. The molecule has 1 aromatic rings. The van der Waals surface area contributed by atoms with Crippen LogP contribution >= 0.6 is 11.6 Å². The highest BCUT2D eigenvalue weighted by atomic mass is 35.5.